The van der Waals surface area contributed by atoms with Crippen molar-refractivity contribution in [2.45, 2.75) is 94.7 Å². The van der Waals surface area contributed by atoms with Crippen LogP contribution in [0, 0.1) is 94.8 Å². The van der Waals surface area contributed by atoms with E-state index in [0.717, 1.165) is 99.3 Å². The van der Waals surface area contributed by atoms with Gasteiger partial charge in [0.1, 0.15) is 67.2 Å². The first-order valence-corrected chi connectivity index (χ1v) is 38.6. The van der Waals surface area contributed by atoms with Gasteiger partial charge in [0, 0.05) is 27.8 Å². The van der Waals surface area contributed by atoms with E-state index in [1.165, 1.54) is 117 Å². The second kappa shape index (κ2) is 27.7. The standard InChI is InChI=1S/C18H16N3.C17H14N3.3C16H12N3.C15H10N3/c1-11-7-12(2)18-16(13(11)3)10-20-9-14-5-6-15(19-4)8-17(14)21(18)20;1-11-7-14-10-19-9-13-5-4-6-15(18-3)17(13)20(19)16(14)8-12(11)2;1-11-5-3-6-12-9-18-10-13-7-4-8-14(17-2)16(13)19(18)15(11)12;1-11-6-7-12-9-18-10-13-4-3-5-14(17-2)16(13)19(18)15(12)8-11;1-11-6-7-15-13(8-11)10-18-9-12-4-3-5-14(17-2)16(12)19(15)18;1-16-13-7-4-6-12-10-17-9-11-5-2-3-8-14(11)18(17)15(12)13/h5-9H,10H2,1-3H3;4-9H,10H2,1-2H3;2*3-8,10H,9H2,1H3;3-9H,10H2,1H3;2-8,10H,9H2/q6*+1. The van der Waals surface area contributed by atoms with Crippen molar-refractivity contribution >= 4 is 99.5 Å². The average molecular weight is 1510 g/mol. The van der Waals surface area contributed by atoms with Crippen LogP contribution in [0.3, 0.4) is 0 Å². The van der Waals surface area contributed by atoms with Gasteiger partial charge in [-0.2, -0.15) is 0 Å². The van der Waals surface area contributed by atoms with Gasteiger partial charge in [-0.05, 0) is 167 Å². The van der Waals surface area contributed by atoms with Gasteiger partial charge in [0.2, 0.25) is 65.6 Å². The van der Waals surface area contributed by atoms with E-state index in [-0.39, 0.29) is 0 Å². The Morgan fingerprint density at radius 3 is 1.20 bits per heavy atom. The molecule has 0 radical (unpaired) electrons. The summed E-state index contributed by atoms with van der Waals surface area (Å²) >= 11 is 0. The zero-order valence-electron chi connectivity index (χ0n) is 65.4. The van der Waals surface area contributed by atoms with Crippen molar-refractivity contribution in [3.8, 4) is 34.1 Å². The number of nitrogens with zero attached hydrogens (tertiary/aromatic N) is 18. The second-order valence-corrected chi connectivity index (χ2v) is 30.7. The third-order valence-corrected chi connectivity index (χ3v) is 23.5. The summed E-state index contributed by atoms with van der Waals surface area (Å²) in [7, 11) is 0. The summed E-state index contributed by atoms with van der Waals surface area (Å²) in [5.41, 5.74) is 36.2. The molecule has 0 unspecified atom stereocenters. The third-order valence-electron chi connectivity index (χ3n) is 23.5. The summed E-state index contributed by atoms with van der Waals surface area (Å²) in [4.78, 5) is 21.9. The van der Waals surface area contributed by atoms with Gasteiger partial charge in [-0.3, -0.25) is 0 Å². The monoisotopic (exact) mass is 1500 g/mol. The number of aromatic nitrogens is 12. The van der Waals surface area contributed by atoms with Gasteiger partial charge < -0.3 is 0 Å². The molecule has 12 heterocycles. The van der Waals surface area contributed by atoms with Crippen LogP contribution in [0.5, 0.6) is 0 Å². The molecular weight excluding hydrogens is 1430 g/mol. The van der Waals surface area contributed by atoms with Gasteiger partial charge in [0.05, 0.1) is 77.3 Å². The fourth-order valence-corrected chi connectivity index (χ4v) is 18.0. The van der Waals surface area contributed by atoms with E-state index in [1.54, 1.807) is 0 Å². The first-order valence-electron chi connectivity index (χ1n) is 38.6. The van der Waals surface area contributed by atoms with E-state index in [2.05, 4.69) is 299 Å². The second-order valence-electron chi connectivity index (χ2n) is 30.7. The van der Waals surface area contributed by atoms with Crippen LogP contribution in [-0.2, 0) is 39.3 Å². The summed E-state index contributed by atoms with van der Waals surface area (Å²) in [5.74, 6) is 0. The Morgan fingerprint density at radius 1 is 0.259 bits per heavy atom. The van der Waals surface area contributed by atoms with Crippen LogP contribution in [0.1, 0.15) is 77.9 Å². The fourth-order valence-electron chi connectivity index (χ4n) is 18.0. The molecule has 0 atom stereocenters. The molecule has 18 aromatic rings. The van der Waals surface area contributed by atoms with E-state index in [9.17, 15) is 0 Å². The van der Waals surface area contributed by atoms with Crippen LogP contribution in [0.15, 0.2) is 243 Å². The van der Waals surface area contributed by atoms with Gasteiger partial charge >= 0.3 is 0 Å². The van der Waals surface area contributed by atoms with Crippen LogP contribution < -0.4 is 28.1 Å². The van der Waals surface area contributed by atoms with Gasteiger partial charge in [-0.15, -0.1) is 56.2 Å². The Labute approximate surface area is 670 Å². The molecule has 6 aliphatic rings. The zero-order valence-corrected chi connectivity index (χ0v) is 65.4. The number of para-hydroxylation sites is 7. The quantitative estimate of drug-likeness (QED) is 0.107. The minimum Gasteiger partial charge on any atom is -0.238 e. The normalized spacial score (nSPS) is 12.2. The van der Waals surface area contributed by atoms with Crippen molar-refractivity contribution in [1.82, 2.24) is 28.1 Å². The molecule has 0 bridgehead atoms. The Hall–Kier alpha value is -15.6. The molecule has 0 saturated heterocycles. The van der Waals surface area contributed by atoms with Gasteiger partial charge in [0.25, 0.3) is 0 Å². The minimum absolute atomic E-state index is 0.693. The summed E-state index contributed by atoms with van der Waals surface area (Å²) < 4.78 is 26.3. The van der Waals surface area contributed by atoms with Crippen molar-refractivity contribution in [2.24, 2.45) is 0 Å². The van der Waals surface area contributed by atoms with Crippen molar-refractivity contribution in [1.29, 1.82) is 0 Å². The van der Waals surface area contributed by atoms with Crippen LogP contribution in [0.2, 0.25) is 0 Å². The van der Waals surface area contributed by atoms with Crippen LogP contribution in [0.25, 0.3) is 129 Å². The highest BCUT2D eigenvalue weighted by molar-refractivity contribution is 5.96. The highest BCUT2D eigenvalue weighted by Crippen LogP contribution is 2.40. The van der Waals surface area contributed by atoms with Crippen LogP contribution in [-0.4, -0.2) is 28.1 Å². The Morgan fingerprint density at radius 2 is 0.664 bits per heavy atom. The Bertz CT molecular complexity index is 7600. The highest BCUT2D eigenvalue weighted by Gasteiger charge is 2.37. The third kappa shape index (κ3) is 11.4. The molecule has 24 rings (SSSR count). The molecule has 116 heavy (non-hydrogen) atoms. The van der Waals surface area contributed by atoms with E-state index in [1.807, 2.05) is 84.9 Å². The molecule has 0 spiro atoms. The maximum Gasteiger partial charge on any atom is 0.217 e. The molecule has 0 aliphatic carbocycles. The number of aryl methyl sites for hydroxylation is 7. The average Bonchev–Trinajstić information content (AvgIpc) is 1.56. The van der Waals surface area contributed by atoms with Gasteiger partial charge in [-0.1, -0.05) is 139 Å². The summed E-state index contributed by atoms with van der Waals surface area (Å²) in [6, 6.07) is 69.9. The van der Waals surface area contributed by atoms with Crippen molar-refractivity contribution < 1.29 is 28.1 Å². The van der Waals surface area contributed by atoms with Crippen molar-refractivity contribution in [3.05, 3.63) is 390 Å². The number of hydrogen-bond donors (Lipinski definition) is 0. The smallest absolute Gasteiger partial charge is 0.217 e. The molecule has 0 fully saturated rings. The molecule has 0 N–H and O–H groups in total. The summed E-state index contributed by atoms with van der Waals surface area (Å²) in [6.45, 7) is 66.5. The number of benzene rings is 12. The molecule has 18 heteroatoms. The molecular formula is C98H76N18+6. The highest BCUT2D eigenvalue weighted by atomic mass is 15.5. The largest absolute Gasteiger partial charge is 0.238 e. The predicted octanol–water partition coefficient (Wildman–Crippen LogP) is 19.5. The molecule has 0 amide bonds. The Balaban J connectivity index is 0.0000000929. The van der Waals surface area contributed by atoms with E-state index >= 15 is 0 Å². The molecule has 18 nitrogen and oxygen atoms in total. The first kappa shape index (κ1) is 70.8. The van der Waals surface area contributed by atoms with E-state index < -0.39 is 0 Å². The SMILES string of the molecule is [C-]#[N+]c1ccc2c[n+]3n(c2c1)-c1c(C)cc(C)c(C)c1C3.[C-]#[N+]c1cccc2c[n+]3n(c12)-c1c(C)cccc1C3.[C-]#[N+]c1cccc2c[n+]3n(c12)-c1cc(C)c(C)cc1C3.[C-]#[N+]c1cccc2c[n+]3n(c12)-c1cc(C)ccc1C3.[C-]#[N+]c1cccc2c[n+]3n(c12)-c1ccc(C)cc1C3.[C-]#[N+]c1cccc2c[n+]3n(c12)-c1ccccc1C3. The topological polar surface area (TPSA) is 79.0 Å². The number of rotatable bonds is 0. The minimum atomic E-state index is 0.693. The van der Waals surface area contributed by atoms with E-state index in [4.69, 9.17) is 39.4 Å². The molecule has 6 aliphatic heterocycles. The maximum absolute atomic E-state index is 7.39. The molecule has 552 valence electrons. The summed E-state index contributed by atoms with van der Waals surface area (Å²) in [5, 5.41) is 6.81. The Kier molecular flexibility index (Phi) is 16.9. The first-order chi connectivity index (χ1) is 56.5. The van der Waals surface area contributed by atoms with Gasteiger partial charge in [-0.25, -0.2) is 29.1 Å². The van der Waals surface area contributed by atoms with Crippen LogP contribution in [0.4, 0.5) is 34.1 Å². The number of hydrogen-bond acceptors (Lipinski definition) is 0. The fraction of sp³-hybridized carbons (Fsp3) is 0.143. The van der Waals surface area contributed by atoms with E-state index in [0.29, 0.717) is 34.1 Å². The van der Waals surface area contributed by atoms with Crippen molar-refractivity contribution in [3.63, 3.8) is 0 Å². The zero-order chi connectivity index (χ0) is 79.6. The lowest BCUT2D eigenvalue weighted by molar-refractivity contribution is -0.749. The summed E-state index contributed by atoms with van der Waals surface area (Å²) in [6.07, 6.45) is 12.8. The van der Waals surface area contributed by atoms with Crippen molar-refractivity contribution in [2.75, 3.05) is 0 Å². The molecule has 0 saturated carbocycles. The lowest BCUT2D eigenvalue weighted by atomic mass is 9.98. The molecule has 12 aromatic carbocycles. The maximum atomic E-state index is 7.39. The number of fused-ring (bicyclic) bond motifs is 30. The molecule has 6 aromatic heterocycles. The lowest BCUT2D eigenvalue weighted by Crippen LogP contribution is -2.36. The van der Waals surface area contributed by atoms with Gasteiger partial charge in [0.15, 0.2) is 45.0 Å². The van der Waals surface area contributed by atoms with Crippen LogP contribution >= 0.6 is 0 Å². The predicted molar refractivity (Wildman–Crippen MR) is 451 cm³/mol. The lowest BCUT2D eigenvalue weighted by Gasteiger charge is -2.08.